The Balaban J connectivity index is 3.05. The van der Waals surface area contributed by atoms with Crippen LogP contribution in [0.4, 0.5) is 4.79 Å². The van der Waals surface area contributed by atoms with Crippen molar-refractivity contribution in [2.45, 2.75) is 0 Å². The number of hydrogen-bond donors (Lipinski definition) is 2. The lowest BCUT2D eigenvalue weighted by Crippen LogP contribution is -2.29. The summed E-state index contributed by atoms with van der Waals surface area (Å²) < 4.78 is 1.81. The summed E-state index contributed by atoms with van der Waals surface area (Å²) in [6.45, 7) is 0.512. The van der Waals surface area contributed by atoms with E-state index in [9.17, 15) is 4.79 Å². The lowest BCUT2D eigenvalue weighted by molar-refractivity contribution is 0.250. The van der Waals surface area contributed by atoms with Crippen molar-refractivity contribution in [1.82, 2.24) is 5.32 Å². The SMILES string of the molecule is NC(=O)NC/C=C\I. The highest BCUT2D eigenvalue weighted by atomic mass is 127. The van der Waals surface area contributed by atoms with Crippen molar-refractivity contribution in [1.29, 1.82) is 0 Å². The zero-order chi connectivity index (χ0) is 6.41. The predicted molar refractivity (Wildman–Crippen MR) is 40.7 cm³/mol. The zero-order valence-corrected chi connectivity index (χ0v) is 6.38. The summed E-state index contributed by atoms with van der Waals surface area (Å²) >= 11 is 2.06. The molecule has 2 amide bonds. The molecule has 0 rings (SSSR count). The molecule has 0 aliphatic rings. The third-order valence-corrected chi connectivity index (χ3v) is 0.992. The minimum absolute atomic E-state index is 0.487. The first-order valence-electron chi connectivity index (χ1n) is 2.06. The Hall–Kier alpha value is -0.260. The summed E-state index contributed by atoms with van der Waals surface area (Å²) in [4.78, 5) is 9.95. The summed E-state index contributed by atoms with van der Waals surface area (Å²) in [6.07, 6.45) is 1.80. The first kappa shape index (κ1) is 7.74. The molecule has 0 aromatic carbocycles. The molecular formula is C4H7IN2O. The van der Waals surface area contributed by atoms with Gasteiger partial charge >= 0.3 is 6.03 Å². The Morgan fingerprint density at radius 1 is 1.88 bits per heavy atom. The quantitative estimate of drug-likeness (QED) is 0.665. The molecule has 0 radical (unpaired) electrons. The van der Waals surface area contributed by atoms with Crippen LogP contribution in [0.5, 0.6) is 0 Å². The average molecular weight is 226 g/mol. The molecule has 46 valence electrons. The van der Waals surface area contributed by atoms with Crippen LogP contribution >= 0.6 is 22.6 Å². The topological polar surface area (TPSA) is 55.1 Å². The van der Waals surface area contributed by atoms with E-state index in [1.807, 2.05) is 4.08 Å². The lowest BCUT2D eigenvalue weighted by Gasteiger charge is -1.91. The van der Waals surface area contributed by atoms with Gasteiger partial charge in [0.05, 0.1) is 0 Å². The number of carbonyl (C=O) groups excluding carboxylic acids is 1. The van der Waals surface area contributed by atoms with Crippen molar-refractivity contribution in [3.63, 3.8) is 0 Å². The van der Waals surface area contributed by atoms with Gasteiger partial charge in [-0.3, -0.25) is 0 Å². The molecule has 0 aromatic rings. The van der Waals surface area contributed by atoms with Gasteiger partial charge in [-0.1, -0.05) is 28.7 Å². The fraction of sp³-hybridized carbons (Fsp3) is 0.250. The van der Waals surface area contributed by atoms with Crippen molar-refractivity contribution >= 4 is 28.6 Å². The average Bonchev–Trinajstić information content (AvgIpc) is 1.66. The van der Waals surface area contributed by atoms with Crippen LogP contribution in [0.3, 0.4) is 0 Å². The van der Waals surface area contributed by atoms with Crippen molar-refractivity contribution in [3.8, 4) is 0 Å². The molecule has 0 heterocycles. The van der Waals surface area contributed by atoms with Crippen LogP contribution in [-0.2, 0) is 0 Å². The number of hydrogen-bond acceptors (Lipinski definition) is 1. The Morgan fingerprint density at radius 2 is 2.50 bits per heavy atom. The minimum Gasteiger partial charge on any atom is -0.352 e. The lowest BCUT2D eigenvalue weighted by atomic mass is 10.6. The van der Waals surface area contributed by atoms with Crippen LogP contribution in [0.1, 0.15) is 0 Å². The minimum atomic E-state index is -0.487. The summed E-state index contributed by atoms with van der Waals surface area (Å²) in [6, 6.07) is -0.487. The number of nitrogens with two attached hydrogens (primary N) is 1. The number of halogens is 1. The van der Waals surface area contributed by atoms with Crippen molar-refractivity contribution < 1.29 is 4.79 Å². The maximum absolute atomic E-state index is 9.95. The van der Waals surface area contributed by atoms with Crippen LogP contribution in [0.25, 0.3) is 0 Å². The monoisotopic (exact) mass is 226 g/mol. The standard InChI is InChI=1S/C4H7IN2O/c5-2-1-3-7-4(6)8/h1-2H,3H2,(H3,6,7,8)/b2-1-. The molecule has 0 saturated heterocycles. The van der Waals surface area contributed by atoms with Gasteiger partial charge in [-0.15, -0.1) is 0 Å². The number of primary amides is 1. The fourth-order valence-corrected chi connectivity index (χ4v) is 0.458. The number of carbonyl (C=O) groups is 1. The van der Waals surface area contributed by atoms with Crippen LogP contribution in [0.2, 0.25) is 0 Å². The van der Waals surface area contributed by atoms with E-state index in [2.05, 4.69) is 27.9 Å². The number of amides is 2. The van der Waals surface area contributed by atoms with E-state index in [1.54, 1.807) is 6.08 Å². The Kier molecular flexibility index (Phi) is 4.73. The maximum Gasteiger partial charge on any atom is 0.312 e. The molecule has 0 aliphatic carbocycles. The Labute approximate surface area is 61.5 Å². The molecule has 3 nitrogen and oxygen atoms in total. The Morgan fingerprint density at radius 3 is 2.88 bits per heavy atom. The molecule has 0 fully saturated rings. The first-order valence-corrected chi connectivity index (χ1v) is 3.30. The fourth-order valence-electron chi connectivity index (χ4n) is 0.204. The van der Waals surface area contributed by atoms with Crippen molar-refractivity contribution in [3.05, 3.63) is 10.2 Å². The Bertz CT molecular complexity index is 102. The van der Waals surface area contributed by atoms with Gasteiger partial charge in [0.25, 0.3) is 0 Å². The molecule has 0 unspecified atom stereocenters. The van der Waals surface area contributed by atoms with Gasteiger partial charge in [0.15, 0.2) is 0 Å². The van der Waals surface area contributed by atoms with Crippen LogP contribution in [-0.4, -0.2) is 12.6 Å². The summed E-state index contributed by atoms with van der Waals surface area (Å²) in [7, 11) is 0. The van der Waals surface area contributed by atoms with Crippen LogP contribution in [0, 0.1) is 0 Å². The van der Waals surface area contributed by atoms with Crippen LogP contribution in [0.15, 0.2) is 10.2 Å². The summed E-state index contributed by atoms with van der Waals surface area (Å²) in [5.74, 6) is 0. The second kappa shape index (κ2) is 4.89. The largest absolute Gasteiger partial charge is 0.352 e. The van der Waals surface area contributed by atoms with Gasteiger partial charge in [0.1, 0.15) is 0 Å². The molecule has 4 heteroatoms. The van der Waals surface area contributed by atoms with Gasteiger partial charge < -0.3 is 11.1 Å². The van der Waals surface area contributed by atoms with Crippen molar-refractivity contribution in [2.75, 3.05) is 6.54 Å². The van der Waals surface area contributed by atoms with Gasteiger partial charge in [-0.25, -0.2) is 4.79 Å². The second-order valence-electron chi connectivity index (χ2n) is 1.11. The van der Waals surface area contributed by atoms with Crippen LogP contribution < -0.4 is 11.1 Å². The maximum atomic E-state index is 9.95. The molecule has 0 atom stereocenters. The smallest absolute Gasteiger partial charge is 0.312 e. The summed E-state index contributed by atoms with van der Waals surface area (Å²) in [5, 5.41) is 2.39. The molecule has 0 bridgehead atoms. The third-order valence-electron chi connectivity index (χ3n) is 0.483. The first-order chi connectivity index (χ1) is 3.77. The van der Waals surface area contributed by atoms with Gasteiger partial charge in [0, 0.05) is 6.54 Å². The highest BCUT2D eigenvalue weighted by Crippen LogP contribution is 1.80. The molecule has 3 N–H and O–H groups in total. The van der Waals surface area contributed by atoms with Gasteiger partial charge in [-0.2, -0.15) is 0 Å². The van der Waals surface area contributed by atoms with E-state index in [-0.39, 0.29) is 0 Å². The second-order valence-corrected chi connectivity index (χ2v) is 1.83. The zero-order valence-electron chi connectivity index (χ0n) is 4.23. The summed E-state index contributed by atoms with van der Waals surface area (Å²) in [5.41, 5.74) is 4.75. The van der Waals surface area contributed by atoms with E-state index in [1.165, 1.54) is 0 Å². The highest BCUT2D eigenvalue weighted by molar-refractivity contribution is 14.1. The number of rotatable bonds is 2. The normalized spacial score (nSPS) is 9.62. The molecule has 0 aliphatic heterocycles. The van der Waals surface area contributed by atoms with E-state index in [0.717, 1.165) is 0 Å². The molecule has 0 aromatic heterocycles. The molecule has 0 saturated carbocycles. The number of urea groups is 1. The molecule has 0 spiro atoms. The highest BCUT2D eigenvalue weighted by Gasteiger charge is 1.82. The van der Waals surface area contributed by atoms with Gasteiger partial charge in [-0.05, 0) is 4.08 Å². The molecular weight excluding hydrogens is 219 g/mol. The third kappa shape index (κ3) is 5.74. The number of nitrogens with one attached hydrogen (secondary N) is 1. The predicted octanol–water partition coefficient (Wildman–Crippen LogP) is 0.603. The molecule has 8 heavy (non-hydrogen) atoms. The van der Waals surface area contributed by atoms with E-state index >= 15 is 0 Å². The van der Waals surface area contributed by atoms with E-state index in [0.29, 0.717) is 6.54 Å². The van der Waals surface area contributed by atoms with Gasteiger partial charge in [0.2, 0.25) is 0 Å². The van der Waals surface area contributed by atoms with E-state index in [4.69, 9.17) is 5.73 Å². The van der Waals surface area contributed by atoms with Crippen molar-refractivity contribution in [2.24, 2.45) is 5.73 Å². The van der Waals surface area contributed by atoms with E-state index < -0.39 is 6.03 Å².